The van der Waals surface area contributed by atoms with Crippen molar-refractivity contribution in [1.29, 1.82) is 0 Å². The maximum atomic E-state index is 14.1. The minimum Gasteiger partial charge on any atom is -0.477 e. The van der Waals surface area contributed by atoms with E-state index in [0.29, 0.717) is 17.7 Å². The van der Waals surface area contributed by atoms with Gasteiger partial charge in [-0.15, -0.1) is 0 Å². The third-order valence-corrected chi connectivity index (χ3v) is 4.62. The van der Waals surface area contributed by atoms with Crippen LogP contribution in [0.25, 0.3) is 0 Å². The van der Waals surface area contributed by atoms with Crippen molar-refractivity contribution in [3.05, 3.63) is 41.5 Å². The maximum Gasteiger partial charge on any atom is 0.341 e. The lowest BCUT2D eigenvalue weighted by molar-refractivity contribution is 0.0685. The van der Waals surface area contributed by atoms with Crippen molar-refractivity contribution in [2.45, 2.75) is 18.7 Å². The second-order valence-electron chi connectivity index (χ2n) is 4.43. The van der Waals surface area contributed by atoms with Crippen molar-refractivity contribution >= 4 is 16.0 Å². The Labute approximate surface area is 121 Å². The third kappa shape index (κ3) is 3.45. The van der Waals surface area contributed by atoms with Gasteiger partial charge < -0.3 is 5.11 Å². The van der Waals surface area contributed by atoms with Gasteiger partial charge >= 0.3 is 5.97 Å². The average molecular weight is 319 g/mol. The van der Waals surface area contributed by atoms with Gasteiger partial charge in [0.05, 0.1) is 0 Å². The molecular weight excluding hydrogens is 304 g/mol. The number of carboxylic acid groups (broad SMARTS) is 1. The topological polar surface area (TPSA) is 74.7 Å². The molecule has 8 heteroatoms. The zero-order valence-corrected chi connectivity index (χ0v) is 12.4. The van der Waals surface area contributed by atoms with Gasteiger partial charge in [-0.05, 0) is 19.1 Å². The highest BCUT2D eigenvalue weighted by Gasteiger charge is 2.30. The van der Waals surface area contributed by atoms with E-state index in [-0.39, 0.29) is 13.1 Å². The van der Waals surface area contributed by atoms with E-state index >= 15 is 0 Å². The summed E-state index contributed by atoms with van der Waals surface area (Å²) in [6.45, 7) is 6.71. The van der Waals surface area contributed by atoms with Gasteiger partial charge in [0.15, 0.2) is 5.82 Å². The smallest absolute Gasteiger partial charge is 0.341 e. The van der Waals surface area contributed by atoms with Gasteiger partial charge in [-0.2, -0.15) is 4.31 Å². The number of benzene rings is 1. The molecule has 0 spiro atoms. The van der Waals surface area contributed by atoms with Crippen molar-refractivity contribution in [3.8, 4) is 0 Å². The summed E-state index contributed by atoms with van der Waals surface area (Å²) in [5.41, 5.74) is -0.760. The summed E-state index contributed by atoms with van der Waals surface area (Å²) in [7, 11) is -4.28. The highest BCUT2D eigenvalue weighted by molar-refractivity contribution is 7.89. The number of carbonyl (C=O) groups is 1. The maximum absolute atomic E-state index is 14.1. The quantitative estimate of drug-likeness (QED) is 0.816. The van der Waals surface area contributed by atoms with Gasteiger partial charge in [0, 0.05) is 13.1 Å². The average Bonchev–Trinajstić information content (AvgIpc) is 2.34. The minimum absolute atomic E-state index is 0.0361. The lowest BCUT2D eigenvalue weighted by Crippen LogP contribution is -2.33. The Balaban J connectivity index is 3.48. The fourth-order valence-corrected chi connectivity index (χ4v) is 3.31. The molecule has 0 amide bonds. The molecule has 0 saturated heterocycles. The van der Waals surface area contributed by atoms with E-state index < -0.39 is 38.1 Å². The lowest BCUT2D eigenvalue weighted by atomic mass is 10.2. The largest absolute Gasteiger partial charge is 0.477 e. The van der Waals surface area contributed by atoms with Gasteiger partial charge in [0.25, 0.3) is 0 Å². The predicted octanol–water partition coefficient (Wildman–Crippen LogP) is 2.25. The molecule has 0 aliphatic carbocycles. The van der Waals surface area contributed by atoms with Crippen LogP contribution in [0.5, 0.6) is 0 Å². The first-order valence-electron chi connectivity index (χ1n) is 5.98. The standard InChI is InChI=1S/C13H15F2NO4S/c1-4-16(7-8(2)3)21(19,20)10-6-5-9(14)11(12(10)15)13(17)18/h5-6H,2,4,7H2,1,3H3,(H,17,18). The summed E-state index contributed by atoms with van der Waals surface area (Å²) in [6.07, 6.45) is 0. The van der Waals surface area contributed by atoms with Crippen molar-refractivity contribution in [2.75, 3.05) is 13.1 Å². The molecule has 1 rings (SSSR count). The molecular formula is C13H15F2NO4S. The van der Waals surface area contributed by atoms with E-state index in [1.165, 1.54) is 0 Å². The molecule has 0 unspecified atom stereocenters. The summed E-state index contributed by atoms with van der Waals surface area (Å²) < 4.78 is 53.0. The second kappa shape index (κ2) is 6.31. The number of hydrogen-bond acceptors (Lipinski definition) is 3. The summed E-state index contributed by atoms with van der Waals surface area (Å²) in [5.74, 6) is -4.81. The van der Waals surface area contributed by atoms with E-state index in [0.717, 1.165) is 4.31 Å². The lowest BCUT2D eigenvalue weighted by Gasteiger charge is -2.21. The Morgan fingerprint density at radius 2 is 1.95 bits per heavy atom. The summed E-state index contributed by atoms with van der Waals surface area (Å²) in [5, 5.41) is 8.78. The van der Waals surface area contributed by atoms with Crippen molar-refractivity contribution in [3.63, 3.8) is 0 Å². The van der Waals surface area contributed by atoms with Gasteiger partial charge in [-0.25, -0.2) is 22.0 Å². The number of halogens is 2. The SMILES string of the molecule is C=C(C)CN(CC)S(=O)(=O)c1ccc(F)c(C(=O)O)c1F. The van der Waals surface area contributed by atoms with E-state index in [2.05, 4.69) is 6.58 Å². The molecule has 0 atom stereocenters. The fourth-order valence-electron chi connectivity index (χ4n) is 1.74. The first-order valence-corrected chi connectivity index (χ1v) is 7.42. The van der Waals surface area contributed by atoms with Crippen LogP contribution in [0.2, 0.25) is 0 Å². The molecule has 0 aromatic heterocycles. The van der Waals surface area contributed by atoms with Crippen molar-refractivity contribution in [1.82, 2.24) is 4.31 Å². The summed E-state index contributed by atoms with van der Waals surface area (Å²) in [6, 6.07) is 1.33. The summed E-state index contributed by atoms with van der Waals surface area (Å²) in [4.78, 5) is 9.97. The Morgan fingerprint density at radius 1 is 1.38 bits per heavy atom. The predicted molar refractivity (Wildman–Crippen MR) is 72.6 cm³/mol. The molecule has 5 nitrogen and oxygen atoms in total. The number of hydrogen-bond donors (Lipinski definition) is 1. The van der Waals surface area contributed by atoms with Gasteiger partial charge in [-0.3, -0.25) is 0 Å². The number of rotatable bonds is 6. The first kappa shape index (κ1) is 17.3. The number of carboxylic acids is 1. The zero-order chi connectivity index (χ0) is 16.4. The second-order valence-corrected chi connectivity index (χ2v) is 6.33. The van der Waals surface area contributed by atoms with Gasteiger partial charge in [-0.1, -0.05) is 19.1 Å². The molecule has 0 aliphatic rings. The molecule has 1 aromatic carbocycles. The Hall–Kier alpha value is -1.80. The van der Waals surface area contributed by atoms with Crippen LogP contribution in [0.4, 0.5) is 8.78 Å². The molecule has 1 N–H and O–H groups in total. The molecule has 0 saturated carbocycles. The van der Waals surface area contributed by atoms with Crippen LogP contribution in [0.3, 0.4) is 0 Å². The van der Waals surface area contributed by atoms with E-state index in [9.17, 15) is 22.0 Å². The summed E-state index contributed by atoms with van der Waals surface area (Å²) >= 11 is 0. The van der Waals surface area contributed by atoms with E-state index in [1.807, 2.05) is 0 Å². The monoisotopic (exact) mass is 319 g/mol. The fraction of sp³-hybridized carbons (Fsp3) is 0.308. The molecule has 0 aliphatic heterocycles. The van der Waals surface area contributed by atoms with Crippen LogP contribution >= 0.6 is 0 Å². The molecule has 0 bridgehead atoms. The van der Waals surface area contributed by atoms with Gasteiger partial charge in [0.1, 0.15) is 16.3 Å². The van der Waals surface area contributed by atoms with E-state index in [1.54, 1.807) is 13.8 Å². The Kier molecular flexibility index (Phi) is 5.19. The number of nitrogens with zero attached hydrogens (tertiary/aromatic N) is 1. The van der Waals surface area contributed by atoms with Crippen LogP contribution < -0.4 is 0 Å². The Morgan fingerprint density at radius 3 is 2.38 bits per heavy atom. The molecule has 116 valence electrons. The zero-order valence-electron chi connectivity index (χ0n) is 11.6. The number of likely N-dealkylation sites (N-methyl/N-ethyl adjacent to an activating group) is 1. The highest BCUT2D eigenvalue weighted by Crippen LogP contribution is 2.24. The van der Waals surface area contributed by atoms with E-state index in [4.69, 9.17) is 5.11 Å². The first-order chi connectivity index (χ1) is 9.62. The Bertz CT molecular complexity index is 686. The van der Waals surface area contributed by atoms with Crippen molar-refractivity contribution < 1.29 is 27.1 Å². The highest BCUT2D eigenvalue weighted by atomic mass is 32.2. The van der Waals surface area contributed by atoms with Crippen LogP contribution in [-0.2, 0) is 10.0 Å². The van der Waals surface area contributed by atoms with Crippen LogP contribution in [0.15, 0.2) is 29.2 Å². The van der Waals surface area contributed by atoms with Gasteiger partial charge in [0.2, 0.25) is 10.0 Å². The van der Waals surface area contributed by atoms with Crippen LogP contribution in [0.1, 0.15) is 24.2 Å². The molecule has 1 aromatic rings. The van der Waals surface area contributed by atoms with Crippen LogP contribution in [-0.4, -0.2) is 36.9 Å². The number of aromatic carboxylic acids is 1. The molecule has 0 radical (unpaired) electrons. The normalized spacial score (nSPS) is 11.7. The minimum atomic E-state index is -4.28. The number of sulfonamides is 1. The van der Waals surface area contributed by atoms with Crippen LogP contribution in [0, 0.1) is 11.6 Å². The van der Waals surface area contributed by atoms with Crippen molar-refractivity contribution in [2.24, 2.45) is 0 Å². The third-order valence-electron chi connectivity index (χ3n) is 2.69. The molecule has 21 heavy (non-hydrogen) atoms. The molecule has 0 fully saturated rings. The molecule has 0 heterocycles.